The maximum absolute atomic E-state index is 9.94. The number of aromatic nitrogens is 2. The first kappa shape index (κ1) is 9.76. The zero-order chi connectivity index (χ0) is 9.97. The second-order valence-corrected chi connectivity index (χ2v) is 4.31. The minimum absolute atomic E-state index is 0.562. The van der Waals surface area contributed by atoms with Crippen molar-refractivity contribution in [2.24, 2.45) is 0 Å². The van der Waals surface area contributed by atoms with Crippen molar-refractivity contribution in [2.45, 2.75) is 6.10 Å². The molecule has 1 atom stereocenters. The Bertz CT molecular complexity index is 418. The van der Waals surface area contributed by atoms with Gasteiger partial charge in [-0.15, -0.1) is 0 Å². The number of halogens is 1. The van der Waals surface area contributed by atoms with Gasteiger partial charge in [-0.3, -0.25) is 9.97 Å². The van der Waals surface area contributed by atoms with Gasteiger partial charge in [0.2, 0.25) is 0 Å². The number of aliphatic hydroxyl groups excluding tert-OH is 1. The lowest BCUT2D eigenvalue weighted by Crippen LogP contribution is -2.01. The third kappa shape index (κ3) is 1.84. The summed E-state index contributed by atoms with van der Waals surface area (Å²) in [5, 5.41) is 13.8. The first-order valence-corrected chi connectivity index (χ1v) is 5.68. The predicted octanol–water partition coefficient (Wildman–Crippen LogP) is 2.38. The Balaban J connectivity index is 2.34. The van der Waals surface area contributed by atoms with Gasteiger partial charge in [-0.25, -0.2) is 0 Å². The topological polar surface area (TPSA) is 46.0 Å². The number of aliphatic hydroxyl groups is 1. The van der Waals surface area contributed by atoms with Crippen molar-refractivity contribution >= 4 is 27.3 Å². The first-order chi connectivity index (χ1) is 6.79. The van der Waals surface area contributed by atoms with E-state index in [1.54, 1.807) is 18.6 Å². The maximum atomic E-state index is 9.94. The Morgan fingerprint density at radius 2 is 2.21 bits per heavy atom. The normalized spacial score (nSPS) is 12.7. The lowest BCUT2D eigenvalue weighted by atomic mass is 10.1. The van der Waals surface area contributed by atoms with Crippen molar-refractivity contribution in [2.75, 3.05) is 0 Å². The van der Waals surface area contributed by atoms with E-state index in [1.807, 2.05) is 10.8 Å². The standard InChI is InChI=1S/C9H7BrN2OS/c10-7-5-14-4-6(7)9(13)8-3-11-1-2-12-8/h1-5,9,13H. The van der Waals surface area contributed by atoms with Crippen molar-refractivity contribution in [1.29, 1.82) is 0 Å². The van der Waals surface area contributed by atoms with E-state index in [-0.39, 0.29) is 0 Å². The molecule has 0 aliphatic rings. The van der Waals surface area contributed by atoms with Crippen LogP contribution in [0.1, 0.15) is 17.4 Å². The van der Waals surface area contributed by atoms with Crippen LogP contribution in [0.3, 0.4) is 0 Å². The summed E-state index contributed by atoms with van der Waals surface area (Å²) in [5.74, 6) is 0. The van der Waals surface area contributed by atoms with E-state index in [1.165, 1.54) is 11.3 Å². The molecule has 72 valence electrons. The van der Waals surface area contributed by atoms with E-state index >= 15 is 0 Å². The van der Waals surface area contributed by atoms with E-state index in [4.69, 9.17) is 0 Å². The molecule has 5 heteroatoms. The van der Waals surface area contributed by atoms with Gasteiger partial charge in [-0.2, -0.15) is 11.3 Å². The van der Waals surface area contributed by atoms with Crippen LogP contribution in [0, 0.1) is 0 Å². The molecule has 0 fully saturated rings. The molecule has 0 bridgehead atoms. The largest absolute Gasteiger partial charge is 0.382 e. The average Bonchev–Trinajstić information content (AvgIpc) is 2.65. The fourth-order valence-corrected chi connectivity index (χ4v) is 2.63. The van der Waals surface area contributed by atoms with E-state index in [0.29, 0.717) is 5.69 Å². The molecule has 0 saturated heterocycles. The van der Waals surface area contributed by atoms with Crippen molar-refractivity contribution < 1.29 is 5.11 Å². The van der Waals surface area contributed by atoms with Crippen LogP contribution >= 0.6 is 27.3 Å². The highest BCUT2D eigenvalue weighted by Crippen LogP contribution is 2.30. The van der Waals surface area contributed by atoms with Crippen LogP contribution in [-0.4, -0.2) is 15.1 Å². The van der Waals surface area contributed by atoms with Crippen LogP contribution in [0.5, 0.6) is 0 Å². The van der Waals surface area contributed by atoms with Gasteiger partial charge in [-0.05, 0) is 21.3 Å². The maximum Gasteiger partial charge on any atom is 0.124 e. The molecule has 2 heterocycles. The Labute approximate surface area is 93.6 Å². The van der Waals surface area contributed by atoms with Gasteiger partial charge < -0.3 is 5.11 Å². The molecule has 0 aromatic carbocycles. The molecule has 0 saturated carbocycles. The second kappa shape index (κ2) is 4.16. The van der Waals surface area contributed by atoms with Crippen LogP contribution < -0.4 is 0 Å². The van der Waals surface area contributed by atoms with Crippen molar-refractivity contribution in [1.82, 2.24) is 9.97 Å². The Morgan fingerprint density at radius 3 is 2.79 bits per heavy atom. The molecule has 0 amide bonds. The predicted molar refractivity (Wildman–Crippen MR) is 58.1 cm³/mol. The van der Waals surface area contributed by atoms with E-state index in [0.717, 1.165) is 10.0 Å². The molecule has 0 aliphatic carbocycles. The molecule has 0 radical (unpaired) electrons. The van der Waals surface area contributed by atoms with Gasteiger partial charge in [0.1, 0.15) is 6.10 Å². The molecule has 2 aromatic heterocycles. The van der Waals surface area contributed by atoms with E-state index in [9.17, 15) is 5.11 Å². The highest BCUT2D eigenvalue weighted by molar-refractivity contribution is 9.10. The molecule has 2 rings (SSSR count). The van der Waals surface area contributed by atoms with Gasteiger partial charge in [0.25, 0.3) is 0 Å². The fraction of sp³-hybridized carbons (Fsp3) is 0.111. The number of hydrogen-bond donors (Lipinski definition) is 1. The average molecular weight is 271 g/mol. The Hall–Kier alpha value is -0.780. The van der Waals surface area contributed by atoms with Crippen molar-refractivity contribution in [3.8, 4) is 0 Å². The zero-order valence-corrected chi connectivity index (χ0v) is 9.49. The third-order valence-electron chi connectivity index (χ3n) is 1.80. The quantitative estimate of drug-likeness (QED) is 0.912. The Kier molecular flexibility index (Phi) is 2.90. The van der Waals surface area contributed by atoms with E-state index < -0.39 is 6.10 Å². The van der Waals surface area contributed by atoms with Gasteiger partial charge in [0, 0.05) is 27.8 Å². The van der Waals surface area contributed by atoms with Crippen molar-refractivity contribution in [3.05, 3.63) is 45.1 Å². The summed E-state index contributed by atoms with van der Waals surface area (Å²) >= 11 is 4.90. The molecule has 1 unspecified atom stereocenters. The minimum atomic E-state index is -0.704. The van der Waals surface area contributed by atoms with Crippen molar-refractivity contribution in [3.63, 3.8) is 0 Å². The van der Waals surface area contributed by atoms with Gasteiger partial charge in [0.15, 0.2) is 0 Å². The molecular formula is C9H7BrN2OS. The monoisotopic (exact) mass is 270 g/mol. The molecule has 14 heavy (non-hydrogen) atoms. The number of nitrogens with zero attached hydrogens (tertiary/aromatic N) is 2. The Morgan fingerprint density at radius 1 is 1.36 bits per heavy atom. The summed E-state index contributed by atoms with van der Waals surface area (Å²) in [6.45, 7) is 0. The molecule has 1 N–H and O–H groups in total. The lowest BCUT2D eigenvalue weighted by molar-refractivity contribution is 0.214. The zero-order valence-electron chi connectivity index (χ0n) is 7.09. The molecule has 0 aliphatic heterocycles. The molecule has 3 nitrogen and oxygen atoms in total. The summed E-state index contributed by atoms with van der Waals surface area (Å²) < 4.78 is 0.903. The molecule has 2 aromatic rings. The van der Waals surface area contributed by atoms with Gasteiger partial charge >= 0.3 is 0 Å². The summed E-state index contributed by atoms with van der Waals surface area (Å²) in [5.41, 5.74) is 1.39. The smallest absolute Gasteiger partial charge is 0.124 e. The van der Waals surface area contributed by atoms with Gasteiger partial charge in [0.05, 0.1) is 11.9 Å². The lowest BCUT2D eigenvalue weighted by Gasteiger charge is -2.07. The second-order valence-electron chi connectivity index (χ2n) is 2.71. The highest BCUT2D eigenvalue weighted by Gasteiger charge is 2.15. The van der Waals surface area contributed by atoms with Crippen LogP contribution in [0.2, 0.25) is 0 Å². The molecule has 0 spiro atoms. The third-order valence-corrected chi connectivity index (χ3v) is 3.55. The SMILES string of the molecule is OC(c1cnccn1)c1cscc1Br. The highest BCUT2D eigenvalue weighted by atomic mass is 79.9. The molecular weight excluding hydrogens is 264 g/mol. The summed E-state index contributed by atoms with van der Waals surface area (Å²) in [7, 11) is 0. The fourth-order valence-electron chi connectivity index (χ4n) is 1.10. The van der Waals surface area contributed by atoms with Gasteiger partial charge in [-0.1, -0.05) is 0 Å². The van der Waals surface area contributed by atoms with E-state index in [2.05, 4.69) is 25.9 Å². The van der Waals surface area contributed by atoms with Crippen LogP contribution in [0.15, 0.2) is 33.8 Å². The van der Waals surface area contributed by atoms with Crippen LogP contribution in [-0.2, 0) is 0 Å². The van der Waals surface area contributed by atoms with Crippen LogP contribution in [0.25, 0.3) is 0 Å². The number of thiophene rings is 1. The number of hydrogen-bond acceptors (Lipinski definition) is 4. The summed E-state index contributed by atoms with van der Waals surface area (Å²) in [4.78, 5) is 7.96. The first-order valence-electron chi connectivity index (χ1n) is 3.94. The number of rotatable bonds is 2. The summed E-state index contributed by atoms with van der Waals surface area (Å²) in [6, 6.07) is 0. The van der Waals surface area contributed by atoms with Crippen LogP contribution in [0.4, 0.5) is 0 Å². The minimum Gasteiger partial charge on any atom is -0.382 e. The summed E-state index contributed by atoms with van der Waals surface area (Å²) in [6.07, 6.45) is 4.01.